The van der Waals surface area contributed by atoms with E-state index in [1.165, 1.54) is 18.5 Å². The highest BCUT2D eigenvalue weighted by Crippen LogP contribution is 2.33. The smallest absolute Gasteiger partial charge is 0.416 e. The van der Waals surface area contributed by atoms with Gasteiger partial charge in [-0.1, -0.05) is 25.1 Å². The molecule has 4 rings (SSSR count). The Hall–Kier alpha value is -4.34. The number of carbonyl (C=O) groups excluding carboxylic acids is 1. The first-order chi connectivity index (χ1) is 17.2. The third-order valence-corrected chi connectivity index (χ3v) is 5.27. The SMILES string of the molecule is CCc1ncnc(-c2cccnc2Oc2cc(NC(=O)Cc3ccc(C(F)(F)F)cc3)ccc2C)n1. The second kappa shape index (κ2) is 10.5. The minimum absolute atomic E-state index is 0.0776. The van der Waals surface area contributed by atoms with Crippen LogP contribution in [0.1, 0.15) is 29.4 Å². The lowest BCUT2D eigenvalue weighted by atomic mass is 10.1. The van der Waals surface area contributed by atoms with Gasteiger partial charge < -0.3 is 10.1 Å². The zero-order chi connectivity index (χ0) is 25.7. The van der Waals surface area contributed by atoms with Gasteiger partial charge >= 0.3 is 6.18 Å². The molecule has 10 heteroatoms. The Morgan fingerprint density at radius 2 is 1.81 bits per heavy atom. The number of aryl methyl sites for hydroxylation is 2. The predicted octanol–water partition coefficient (Wildman–Crippen LogP) is 5.80. The van der Waals surface area contributed by atoms with Gasteiger partial charge in [0.1, 0.15) is 17.9 Å². The Morgan fingerprint density at radius 1 is 1.03 bits per heavy atom. The molecule has 7 nitrogen and oxygen atoms in total. The molecular weight excluding hydrogens is 471 g/mol. The molecular formula is C26H22F3N5O2. The maximum Gasteiger partial charge on any atom is 0.416 e. The first-order valence-corrected chi connectivity index (χ1v) is 11.1. The van der Waals surface area contributed by atoms with Crippen LogP contribution in [0.4, 0.5) is 18.9 Å². The van der Waals surface area contributed by atoms with Crippen LogP contribution >= 0.6 is 0 Å². The maximum atomic E-state index is 12.7. The third-order valence-electron chi connectivity index (χ3n) is 5.27. The molecule has 184 valence electrons. The predicted molar refractivity (Wildman–Crippen MR) is 127 cm³/mol. The summed E-state index contributed by atoms with van der Waals surface area (Å²) >= 11 is 0. The van der Waals surface area contributed by atoms with Gasteiger partial charge in [0.15, 0.2) is 5.82 Å². The molecule has 0 bridgehead atoms. The van der Waals surface area contributed by atoms with Gasteiger partial charge in [0.25, 0.3) is 0 Å². The lowest BCUT2D eigenvalue weighted by Gasteiger charge is -2.13. The number of halogens is 3. The van der Waals surface area contributed by atoms with E-state index in [-0.39, 0.29) is 12.3 Å². The van der Waals surface area contributed by atoms with Crippen molar-refractivity contribution in [2.45, 2.75) is 32.9 Å². The normalized spacial score (nSPS) is 11.2. The summed E-state index contributed by atoms with van der Waals surface area (Å²) in [6, 6.07) is 13.2. The van der Waals surface area contributed by atoms with E-state index in [2.05, 4.69) is 25.3 Å². The van der Waals surface area contributed by atoms with Gasteiger partial charge in [-0.2, -0.15) is 13.2 Å². The van der Waals surface area contributed by atoms with Crippen LogP contribution in [0.2, 0.25) is 0 Å². The number of ether oxygens (including phenoxy) is 1. The number of carbonyl (C=O) groups is 1. The van der Waals surface area contributed by atoms with Gasteiger partial charge in [0.2, 0.25) is 11.8 Å². The van der Waals surface area contributed by atoms with Crippen LogP contribution in [0, 0.1) is 6.92 Å². The molecule has 0 fully saturated rings. The van der Waals surface area contributed by atoms with Crippen molar-refractivity contribution in [3.63, 3.8) is 0 Å². The average Bonchev–Trinajstić information content (AvgIpc) is 2.86. The van der Waals surface area contributed by atoms with Crippen molar-refractivity contribution in [2.24, 2.45) is 0 Å². The number of amides is 1. The summed E-state index contributed by atoms with van der Waals surface area (Å²) in [6.45, 7) is 3.80. The highest BCUT2D eigenvalue weighted by Gasteiger charge is 2.30. The molecule has 4 aromatic rings. The number of hydrogen-bond donors (Lipinski definition) is 1. The number of nitrogens with zero attached hydrogens (tertiary/aromatic N) is 4. The Balaban J connectivity index is 1.50. The molecule has 0 aliphatic rings. The molecule has 0 aliphatic heterocycles. The Kier molecular flexibility index (Phi) is 7.23. The number of rotatable bonds is 7. The zero-order valence-electron chi connectivity index (χ0n) is 19.5. The van der Waals surface area contributed by atoms with Crippen LogP contribution in [0.25, 0.3) is 11.4 Å². The highest BCUT2D eigenvalue weighted by molar-refractivity contribution is 5.92. The Bertz CT molecular complexity index is 1370. The lowest BCUT2D eigenvalue weighted by molar-refractivity contribution is -0.137. The van der Waals surface area contributed by atoms with E-state index in [0.29, 0.717) is 46.5 Å². The molecule has 1 N–H and O–H groups in total. The van der Waals surface area contributed by atoms with Gasteiger partial charge in [-0.3, -0.25) is 4.79 Å². The van der Waals surface area contributed by atoms with Crippen molar-refractivity contribution >= 4 is 11.6 Å². The van der Waals surface area contributed by atoms with E-state index in [1.54, 1.807) is 36.5 Å². The molecule has 0 radical (unpaired) electrons. The van der Waals surface area contributed by atoms with Crippen LogP contribution in [-0.4, -0.2) is 25.8 Å². The van der Waals surface area contributed by atoms with Gasteiger partial charge in [-0.15, -0.1) is 0 Å². The number of nitrogens with one attached hydrogen (secondary N) is 1. The number of aromatic nitrogens is 4. The van der Waals surface area contributed by atoms with E-state index in [1.807, 2.05) is 13.8 Å². The number of hydrogen-bond acceptors (Lipinski definition) is 6. The molecule has 0 saturated carbocycles. The second-order valence-corrected chi connectivity index (χ2v) is 7.94. The van der Waals surface area contributed by atoms with Crippen molar-refractivity contribution in [1.82, 2.24) is 19.9 Å². The standard InChI is InChI=1S/C26H22F3N5O2/c1-3-22-31-15-32-24(34-22)20-5-4-12-30-25(20)36-21-14-19(11-6-16(21)2)33-23(35)13-17-7-9-18(10-8-17)26(27,28)29/h4-12,14-15H,3,13H2,1-2H3,(H,33,35). The first kappa shape index (κ1) is 24.8. The van der Waals surface area contributed by atoms with E-state index in [4.69, 9.17) is 4.74 Å². The second-order valence-electron chi connectivity index (χ2n) is 7.94. The summed E-state index contributed by atoms with van der Waals surface area (Å²) in [5.74, 6) is 1.46. The Labute approximate surface area is 205 Å². The summed E-state index contributed by atoms with van der Waals surface area (Å²) in [5.41, 5.74) is 1.57. The van der Waals surface area contributed by atoms with Crippen molar-refractivity contribution in [3.05, 3.63) is 89.6 Å². The van der Waals surface area contributed by atoms with Gasteiger partial charge in [0, 0.05) is 24.4 Å². The monoisotopic (exact) mass is 493 g/mol. The number of anilines is 1. The molecule has 2 aromatic heterocycles. The largest absolute Gasteiger partial charge is 0.438 e. The first-order valence-electron chi connectivity index (χ1n) is 11.1. The fraction of sp³-hybridized carbons (Fsp3) is 0.192. The topological polar surface area (TPSA) is 89.9 Å². The fourth-order valence-electron chi connectivity index (χ4n) is 3.37. The molecule has 0 spiro atoms. The molecule has 0 saturated heterocycles. The summed E-state index contributed by atoms with van der Waals surface area (Å²) in [4.78, 5) is 29.6. The molecule has 0 atom stereocenters. The minimum Gasteiger partial charge on any atom is -0.438 e. The summed E-state index contributed by atoms with van der Waals surface area (Å²) in [5, 5.41) is 2.76. The van der Waals surface area contributed by atoms with Crippen LogP contribution in [0.5, 0.6) is 11.6 Å². The highest BCUT2D eigenvalue weighted by atomic mass is 19.4. The Morgan fingerprint density at radius 3 is 2.53 bits per heavy atom. The quantitative estimate of drug-likeness (QED) is 0.350. The third kappa shape index (κ3) is 6.01. The van der Waals surface area contributed by atoms with E-state index >= 15 is 0 Å². The fourth-order valence-corrected chi connectivity index (χ4v) is 3.37. The summed E-state index contributed by atoms with van der Waals surface area (Å²) in [6.07, 6.45) is -0.818. The molecule has 1 amide bonds. The summed E-state index contributed by atoms with van der Waals surface area (Å²) < 4.78 is 44.3. The van der Waals surface area contributed by atoms with E-state index in [9.17, 15) is 18.0 Å². The molecule has 0 unspecified atom stereocenters. The van der Waals surface area contributed by atoms with Crippen LogP contribution < -0.4 is 10.1 Å². The average molecular weight is 493 g/mol. The molecule has 2 aromatic carbocycles. The van der Waals surface area contributed by atoms with E-state index < -0.39 is 11.7 Å². The number of benzene rings is 2. The zero-order valence-corrected chi connectivity index (χ0v) is 19.5. The minimum atomic E-state index is -4.42. The maximum absolute atomic E-state index is 12.7. The van der Waals surface area contributed by atoms with Gasteiger partial charge in [-0.25, -0.2) is 19.9 Å². The summed E-state index contributed by atoms with van der Waals surface area (Å²) in [7, 11) is 0. The van der Waals surface area contributed by atoms with Gasteiger partial charge in [0.05, 0.1) is 17.5 Å². The van der Waals surface area contributed by atoms with Crippen LogP contribution in [-0.2, 0) is 23.8 Å². The van der Waals surface area contributed by atoms with Crippen molar-refractivity contribution < 1.29 is 22.7 Å². The molecule has 2 heterocycles. The van der Waals surface area contributed by atoms with Crippen LogP contribution in [0.3, 0.4) is 0 Å². The van der Waals surface area contributed by atoms with E-state index in [0.717, 1.165) is 17.7 Å². The van der Waals surface area contributed by atoms with Crippen LogP contribution in [0.15, 0.2) is 67.1 Å². The van der Waals surface area contributed by atoms with Gasteiger partial charge in [-0.05, 0) is 48.4 Å². The number of pyridine rings is 1. The lowest BCUT2D eigenvalue weighted by Crippen LogP contribution is -2.14. The molecule has 36 heavy (non-hydrogen) atoms. The number of alkyl halides is 3. The molecule has 0 aliphatic carbocycles. The van der Waals surface area contributed by atoms with Crippen molar-refractivity contribution in [3.8, 4) is 23.0 Å². The van der Waals surface area contributed by atoms with Crippen molar-refractivity contribution in [1.29, 1.82) is 0 Å². The van der Waals surface area contributed by atoms with Crippen molar-refractivity contribution in [2.75, 3.05) is 5.32 Å².